The number of allylic oxidation sites excluding steroid dienone is 1. The van der Waals surface area contributed by atoms with Gasteiger partial charge in [-0.15, -0.1) is 0 Å². The number of hydrazone groups is 1. The van der Waals surface area contributed by atoms with Crippen molar-refractivity contribution in [3.8, 4) is 0 Å². The van der Waals surface area contributed by atoms with Crippen LogP contribution >= 0.6 is 0 Å². The van der Waals surface area contributed by atoms with Gasteiger partial charge >= 0.3 is 0 Å². The van der Waals surface area contributed by atoms with Gasteiger partial charge in [0.2, 0.25) is 0 Å². The Morgan fingerprint density at radius 1 is 1.37 bits per heavy atom. The summed E-state index contributed by atoms with van der Waals surface area (Å²) >= 11 is 0. The molecule has 0 atom stereocenters. The molecular formula is C14H15FN2O2. The lowest BCUT2D eigenvalue weighted by Gasteiger charge is -2.12. The monoisotopic (exact) mass is 262 g/mol. The van der Waals surface area contributed by atoms with Crippen LogP contribution in [0.25, 0.3) is 0 Å². The predicted molar refractivity (Wildman–Crippen MR) is 71.3 cm³/mol. The summed E-state index contributed by atoms with van der Waals surface area (Å²) in [5.74, 6) is -0.0502. The molecule has 1 aliphatic rings. The van der Waals surface area contributed by atoms with Crippen LogP contribution in [0.1, 0.15) is 20.8 Å². The highest BCUT2D eigenvalue weighted by Crippen LogP contribution is 2.25. The summed E-state index contributed by atoms with van der Waals surface area (Å²) in [6, 6.07) is 5.63. The minimum atomic E-state index is -0.350. The molecule has 0 bridgehead atoms. The lowest BCUT2D eigenvalue weighted by molar-refractivity contribution is -0.114. The van der Waals surface area contributed by atoms with E-state index in [2.05, 4.69) is 5.10 Å². The molecule has 1 amide bonds. The molecule has 0 spiro atoms. The van der Waals surface area contributed by atoms with E-state index in [1.807, 2.05) is 6.92 Å². The fraction of sp³-hybridized carbons (Fsp3) is 0.286. The van der Waals surface area contributed by atoms with Gasteiger partial charge in [0.25, 0.3) is 5.91 Å². The molecule has 5 heteroatoms. The summed E-state index contributed by atoms with van der Waals surface area (Å²) in [5.41, 5.74) is 1.59. The van der Waals surface area contributed by atoms with Gasteiger partial charge < -0.3 is 4.74 Å². The number of amides is 1. The molecule has 1 aromatic rings. The first-order valence-corrected chi connectivity index (χ1v) is 6.04. The number of benzene rings is 1. The maximum atomic E-state index is 12.9. The van der Waals surface area contributed by atoms with E-state index in [0.717, 1.165) is 0 Å². The number of hydrogen-bond donors (Lipinski definition) is 0. The molecule has 0 saturated carbocycles. The van der Waals surface area contributed by atoms with E-state index in [-0.39, 0.29) is 11.7 Å². The zero-order valence-corrected chi connectivity index (χ0v) is 11.1. The SMILES string of the molecule is CCO/C(C)=C1\C(=O)N(c2ccc(F)cc2)N=C1C. The maximum Gasteiger partial charge on any atom is 0.284 e. The van der Waals surface area contributed by atoms with Gasteiger partial charge in [-0.25, -0.2) is 4.39 Å². The third-order valence-corrected chi connectivity index (χ3v) is 2.80. The minimum absolute atomic E-state index is 0.255. The second-order valence-electron chi connectivity index (χ2n) is 4.14. The molecule has 0 radical (unpaired) electrons. The van der Waals surface area contributed by atoms with E-state index >= 15 is 0 Å². The number of hydrogen-bond acceptors (Lipinski definition) is 3. The van der Waals surface area contributed by atoms with Crippen molar-refractivity contribution < 1.29 is 13.9 Å². The third-order valence-electron chi connectivity index (χ3n) is 2.80. The number of anilines is 1. The standard InChI is InChI=1S/C14H15FN2O2/c1-4-19-10(3)13-9(2)16-17(14(13)18)12-7-5-11(15)6-8-12/h5-8H,4H2,1-3H3/b13-10-. The number of halogens is 1. The fourth-order valence-corrected chi connectivity index (χ4v) is 1.96. The van der Waals surface area contributed by atoms with Crippen LogP contribution in [0.5, 0.6) is 0 Å². The van der Waals surface area contributed by atoms with Crippen molar-refractivity contribution in [1.29, 1.82) is 0 Å². The molecular weight excluding hydrogens is 247 g/mol. The molecule has 2 rings (SSSR count). The van der Waals surface area contributed by atoms with Crippen molar-refractivity contribution in [3.63, 3.8) is 0 Å². The molecule has 1 aliphatic heterocycles. The lowest BCUT2D eigenvalue weighted by atomic mass is 10.1. The predicted octanol–water partition coefficient (Wildman–Crippen LogP) is 2.86. The highest BCUT2D eigenvalue weighted by Gasteiger charge is 2.31. The Kier molecular flexibility index (Phi) is 3.64. The van der Waals surface area contributed by atoms with Crippen LogP contribution in [0.2, 0.25) is 0 Å². The van der Waals surface area contributed by atoms with Crippen molar-refractivity contribution in [1.82, 2.24) is 0 Å². The van der Waals surface area contributed by atoms with E-state index < -0.39 is 0 Å². The van der Waals surface area contributed by atoms with E-state index in [1.165, 1.54) is 29.3 Å². The van der Waals surface area contributed by atoms with Crippen LogP contribution in [-0.2, 0) is 9.53 Å². The summed E-state index contributed by atoms with van der Waals surface area (Å²) in [4.78, 5) is 12.3. The Morgan fingerprint density at radius 2 is 2.00 bits per heavy atom. The van der Waals surface area contributed by atoms with Gasteiger partial charge in [0.1, 0.15) is 17.1 Å². The Bertz CT molecular complexity index is 561. The van der Waals surface area contributed by atoms with Crippen molar-refractivity contribution in [2.45, 2.75) is 20.8 Å². The van der Waals surface area contributed by atoms with Gasteiger partial charge in [-0.05, 0) is 45.0 Å². The summed E-state index contributed by atoms with van der Waals surface area (Å²) < 4.78 is 18.2. The lowest BCUT2D eigenvalue weighted by Crippen LogP contribution is -2.22. The Hall–Kier alpha value is -2.17. The van der Waals surface area contributed by atoms with Gasteiger partial charge in [0.15, 0.2) is 0 Å². The van der Waals surface area contributed by atoms with E-state index in [4.69, 9.17) is 4.74 Å². The third kappa shape index (κ3) is 2.50. The van der Waals surface area contributed by atoms with Gasteiger partial charge in [0.05, 0.1) is 18.0 Å². The average molecular weight is 262 g/mol. The quantitative estimate of drug-likeness (QED) is 0.621. The number of rotatable bonds is 3. The minimum Gasteiger partial charge on any atom is -0.498 e. The molecule has 100 valence electrons. The van der Waals surface area contributed by atoms with Crippen molar-refractivity contribution in [2.75, 3.05) is 11.6 Å². The number of carbonyl (C=O) groups excluding carboxylic acids is 1. The summed E-state index contributed by atoms with van der Waals surface area (Å²) in [5, 5.41) is 5.45. The summed E-state index contributed by atoms with van der Waals surface area (Å²) in [6.07, 6.45) is 0. The maximum absolute atomic E-state index is 12.9. The molecule has 0 aromatic heterocycles. The second kappa shape index (κ2) is 5.22. The van der Waals surface area contributed by atoms with Crippen LogP contribution in [0.15, 0.2) is 40.7 Å². The number of ether oxygens (including phenoxy) is 1. The zero-order chi connectivity index (χ0) is 14.0. The smallest absolute Gasteiger partial charge is 0.284 e. The molecule has 0 aliphatic carbocycles. The Labute approximate surface area is 111 Å². The van der Waals surface area contributed by atoms with Gasteiger partial charge in [-0.3, -0.25) is 4.79 Å². The van der Waals surface area contributed by atoms with E-state index in [0.29, 0.717) is 29.3 Å². The largest absolute Gasteiger partial charge is 0.498 e. The molecule has 1 heterocycles. The Balaban J connectivity index is 2.35. The van der Waals surface area contributed by atoms with Crippen LogP contribution in [-0.4, -0.2) is 18.2 Å². The molecule has 0 fully saturated rings. The first kappa shape index (κ1) is 13.3. The van der Waals surface area contributed by atoms with Crippen LogP contribution in [0.4, 0.5) is 10.1 Å². The average Bonchev–Trinajstić information content (AvgIpc) is 2.66. The molecule has 1 aromatic carbocycles. The highest BCUT2D eigenvalue weighted by atomic mass is 19.1. The van der Waals surface area contributed by atoms with Crippen LogP contribution in [0.3, 0.4) is 0 Å². The molecule has 0 N–H and O–H groups in total. The fourth-order valence-electron chi connectivity index (χ4n) is 1.96. The first-order valence-electron chi connectivity index (χ1n) is 6.04. The highest BCUT2D eigenvalue weighted by molar-refractivity contribution is 6.30. The zero-order valence-electron chi connectivity index (χ0n) is 11.1. The van der Waals surface area contributed by atoms with Gasteiger partial charge in [-0.1, -0.05) is 0 Å². The van der Waals surface area contributed by atoms with Gasteiger partial charge in [0, 0.05) is 0 Å². The van der Waals surface area contributed by atoms with E-state index in [1.54, 1.807) is 13.8 Å². The van der Waals surface area contributed by atoms with Crippen molar-refractivity contribution in [2.24, 2.45) is 5.10 Å². The van der Waals surface area contributed by atoms with Crippen LogP contribution in [0, 0.1) is 5.82 Å². The van der Waals surface area contributed by atoms with Crippen molar-refractivity contribution >= 4 is 17.3 Å². The molecule has 0 saturated heterocycles. The normalized spacial score (nSPS) is 17.6. The summed E-state index contributed by atoms with van der Waals surface area (Å²) in [7, 11) is 0. The van der Waals surface area contributed by atoms with Gasteiger partial charge in [-0.2, -0.15) is 10.1 Å². The number of nitrogens with zero attached hydrogens (tertiary/aromatic N) is 2. The van der Waals surface area contributed by atoms with E-state index in [9.17, 15) is 9.18 Å². The second-order valence-corrected chi connectivity index (χ2v) is 4.14. The summed E-state index contributed by atoms with van der Waals surface area (Å²) in [6.45, 7) is 5.84. The number of carbonyl (C=O) groups is 1. The van der Waals surface area contributed by atoms with Crippen LogP contribution < -0.4 is 5.01 Å². The Morgan fingerprint density at radius 3 is 2.58 bits per heavy atom. The first-order chi connectivity index (χ1) is 9.04. The van der Waals surface area contributed by atoms with Crippen molar-refractivity contribution in [3.05, 3.63) is 41.4 Å². The topological polar surface area (TPSA) is 41.9 Å². The molecule has 0 unspecified atom stereocenters. The molecule has 4 nitrogen and oxygen atoms in total. The molecule has 19 heavy (non-hydrogen) atoms.